The van der Waals surface area contributed by atoms with Gasteiger partial charge >= 0.3 is 12.0 Å². The third kappa shape index (κ3) is 4.62. The number of urea groups is 1. The smallest absolute Gasteiger partial charge is 0.326 e. The Labute approximate surface area is 113 Å². The number of nitrogens with one attached hydrogen (secondary N) is 2. The van der Waals surface area contributed by atoms with Gasteiger partial charge in [-0.25, -0.2) is 9.59 Å². The van der Waals surface area contributed by atoms with Crippen LogP contribution in [0.3, 0.4) is 0 Å². The minimum atomic E-state index is -1.05. The van der Waals surface area contributed by atoms with Crippen LogP contribution in [0.2, 0.25) is 0 Å². The van der Waals surface area contributed by atoms with E-state index in [1.165, 1.54) is 0 Å². The van der Waals surface area contributed by atoms with Gasteiger partial charge in [-0.3, -0.25) is 0 Å². The summed E-state index contributed by atoms with van der Waals surface area (Å²) in [7, 11) is 0. The molecule has 5 nitrogen and oxygen atoms in total. The van der Waals surface area contributed by atoms with Crippen LogP contribution in [0.25, 0.3) is 0 Å². The van der Waals surface area contributed by atoms with Crippen LogP contribution in [0.1, 0.15) is 26.3 Å². The van der Waals surface area contributed by atoms with Gasteiger partial charge in [0, 0.05) is 5.69 Å². The Morgan fingerprint density at radius 2 is 1.68 bits per heavy atom. The van der Waals surface area contributed by atoms with E-state index in [9.17, 15) is 9.59 Å². The van der Waals surface area contributed by atoms with Gasteiger partial charge in [0.2, 0.25) is 0 Å². The second-order valence-corrected chi connectivity index (χ2v) is 5.60. The standard InChI is InChI=1S/C14H20N2O3/c1-9-5-7-10(8-6-9)15-13(19)16-11(12(17)18)14(2,3)4/h5-8,11H,1-4H3,(H,17,18)(H2,15,16,19)/t11-/m0/s1. The molecule has 0 aliphatic carbocycles. The van der Waals surface area contributed by atoms with Crippen molar-refractivity contribution in [2.45, 2.75) is 33.7 Å². The number of carbonyl (C=O) groups is 2. The summed E-state index contributed by atoms with van der Waals surface area (Å²) in [6, 6.07) is 5.80. The lowest BCUT2D eigenvalue weighted by atomic mass is 9.87. The first-order chi connectivity index (χ1) is 8.70. The molecule has 1 atom stereocenters. The molecule has 104 valence electrons. The third-order valence-corrected chi connectivity index (χ3v) is 2.70. The van der Waals surface area contributed by atoms with Crippen LogP contribution in [0.4, 0.5) is 10.5 Å². The molecule has 1 rings (SSSR count). The zero-order valence-corrected chi connectivity index (χ0v) is 11.7. The number of amides is 2. The molecule has 1 aromatic rings. The van der Waals surface area contributed by atoms with Crippen LogP contribution in [0.5, 0.6) is 0 Å². The van der Waals surface area contributed by atoms with Crippen LogP contribution >= 0.6 is 0 Å². The number of carboxylic acid groups (broad SMARTS) is 1. The predicted molar refractivity (Wildman–Crippen MR) is 74.2 cm³/mol. The van der Waals surface area contributed by atoms with Gasteiger partial charge in [-0.2, -0.15) is 0 Å². The molecule has 5 heteroatoms. The summed E-state index contributed by atoms with van der Waals surface area (Å²) in [6.45, 7) is 7.23. The number of carbonyl (C=O) groups excluding carboxylic acids is 1. The molecule has 0 aliphatic heterocycles. The van der Waals surface area contributed by atoms with Crippen molar-refractivity contribution < 1.29 is 14.7 Å². The molecule has 0 radical (unpaired) electrons. The fourth-order valence-electron chi connectivity index (χ4n) is 1.58. The van der Waals surface area contributed by atoms with Crippen molar-refractivity contribution in [2.24, 2.45) is 5.41 Å². The highest BCUT2D eigenvalue weighted by atomic mass is 16.4. The van der Waals surface area contributed by atoms with E-state index in [0.717, 1.165) is 5.56 Å². The highest BCUT2D eigenvalue weighted by Crippen LogP contribution is 2.19. The number of aryl methyl sites for hydroxylation is 1. The van der Waals surface area contributed by atoms with E-state index in [1.54, 1.807) is 32.9 Å². The molecule has 19 heavy (non-hydrogen) atoms. The molecular formula is C14H20N2O3. The molecule has 3 N–H and O–H groups in total. The van der Waals surface area contributed by atoms with Crippen LogP contribution < -0.4 is 10.6 Å². The first-order valence-corrected chi connectivity index (χ1v) is 6.07. The van der Waals surface area contributed by atoms with Gasteiger partial charge in [0.1, 0.15) is 6.04 Å². The molecule has 0 spiro atoms. The van der Waals surface area contributed by atoms with Gasteiger partial charge in [0.05, 0.1) is 0 Å². The van der Waals surface area contributed by atoms with E-state index < -0.39 is 23.5 Å². The minimum absolute atomic E-state index is 0.522. The van der Waals surface area contributed by atoms with Gasteiger partial charge in [0.15, 0.2) is 0 Å². The molecule has 0 fully saturated rings. The lowest BCUT2D eigenvalue weighted by Crippen LogP contribution is -2.50. The van der Waals surface area contributed by atoms with Crippen molar-refractivity contribution in [3.05, 3.63) is 29.8 Å². The summed E-state index contributed by atoms with van der Waals surface area (Å²) in [5.41, 5.74) is 1.15. The second kappa shape index (κ2) is 5.73. The number of anilines is 1. The molecule has 0 aromatic heterocycles. The van der Waals surface area contributed by atoms with E-state index in [2.05, 4.69) is 10.6 Å². The fraction of sp³-hybridized carbons (Fsp3) is 0.429. The number of carboxylic acids is 1. The van der Waals surface area contributed by atoms with Gasteiger partial charge in [-0.1, -0.05) is 38.5 Å². The number of benzene rings is 1. The molecule has 0 unspecified atom stereocenters. The van der Waals surface area contributed by atoms with Crippen molar-refractivity contribution in [2.75, 3.05) is 5.32 Å². The quantitative estimate of drug-likeness (QED) is 0.785. The van der Waals surface area contributed by atoms with Crippen molar-refractivity contribution >= 4 is 17.7 Å². The molecule has 1 aromatic carbocycles. The molecule has 0 heterocycles. The van der Waals surface area contributed by atoms with Crippen LogP contribution in [0, 0.1) is 12.3 Å². The Balaban J connectivity index is 2.68. The lowest BCUT2D eigenvalue weighted by molar-refractivity contribution is -0.141. The summed E-state index contributed by atoms with van der Waals surface area (Å²) >= 11 is 0. The van der Waals surface area contributed by atoms with E-state index >= 15 is 0 Å². The van der Waals surface area contributed by atoms with Crippen LogP contribution in [-0.4, -0.2) is 23.1 Å². The Kier molecular flexibility index (Phi) is 4.53. The first-order valence-electron chi connectivity index (χ1n) is 6.07. The summed E-state index contributed by atoms with van der Waals surface area (Å²) in [5.74, 6) is -1.05. The summed E-state index contributed by atoms with van der Waals surface area (Å²) in [5, 5.41) is 14.2. The van der Waals surface area contributed by atoms with Gasteiger partial charge in [-0.15, -0.1) is 0 Å². The van der Waals surface area contributed by atoms with Gasteiger partial charge < -0.3 is 15.7 Å². The third-order valence-electron chi connectivity index (χ3n) is 2.70. The van der Waals surface area contributed by atoms with Gasteiger partial charge in [-0.05, 0) is 24.5 Å². The van der Waals surface area contributed by atoms with E-state index in [0.29, 0.717) is 5.69 Å². The first kappa shape index (κ1) is 15.0. The topological polar surface area (TPSA) is 78.4 Å². The SMILES string of the molecule is Cc1ccc(NC(=O)N[C@@H](C(=O)O)C(C)(C)C)cc1. The highest BCUT2D eigenvalue weighted by molar-refractivity contribution is 5.92. The molecule has 0 bridgehead atoms. The van der Waals surface area contributed by atoms with E-state index in [4.69, 9.17) is 5.11 Å². The Hall–Kier alpha value is -2.04. The summed E-state index contributed by atoms with van der Waals surface area (Å²) < 4.78 is 0. The molecule has 0 aliphatic rings. The molecule has 0 saturated heterocycles. The maximum Gasteiger partial charge on any atom is 0.326 e. The maximum atomic E-state index is 11.8. The van der Waals surface area contributed by atoms with Crippen molar-refractivity contribution in [3.63, 3.8) is 0 Å². The summed E-state index contributed by atoms with van der Waals surface area (Å²) in [6.07, 6.45) is 0. The number of rotatable bonds is 3. The van der Waals surface area contributed by atoms with Gasteiger partial charge in [0.25, 0.3) is 0 Å². The highest BCUT2D eigenvalue weighted by Gasteiger charge is 2.32. The lowest BCUT2D eigenvalue weighted by Gasteiger charge is -2.27. The van der Waals surface area contributed by atoms with Crippen molar-refractivity contribution in [1.29, 1.82) is 0 Å². The minimum Gasteiger partial charge on any atom is -0.480 e. The summed E-state index contributed by atoms with van der Waals surface area (Å²) in [4.78, 5) is 22.9. The van der Waals surface area contributed by atoms with E-state index in [1.807, 2.05) is 19.1 Å². The fourth-order valence-corrected chi connectivity index (χ4v) is 1.58. The average molecular weight is 264 g/mol. The van der Waals surface area contributed by atoms with E-state index in [-0.39, 0.29) is 0 Å². The van der Waals surface area contributed by atoms with Crippen molar-refractivity contribution in [1.82, 2.24) is 5.32 Å². The molecular weight excluding hydrogens is 244 g/mol. The predicted octanol–water partition coefficient (Wildman–Crippen LogP) is 2.62. The second-order valence-electron chi connectivity index (χ2n) is 5.60. The Morgan fingerprint density at radius 3 is 2.11 bits per heavy atom. The normalized spacial score (nSPS) is 12.6. The van der Waals surface area contributed by atoms with Crippen LogP contribution in [-0.2, 0) is 4.79 Å². The van der Waals surface area contributed by atoms with Crippen molar-refractivity contribution in [3.8, 4) is 0 Å². The van der Waals surface area contributed by atoms with Crippen LogP contribution in [0.15, 0.2) is 24.3 Å². The largest absolute Gasteiger partial charge is 0.480 e. The monoisotopic (exact) mass is 264 g/mol. The number of aliphatic carboxylic acids is 1. The Morgan fingerprint density at radius 1 is 1.16 bits per heavy atom. The molecule has 2 amide bonds. The Bertz CT molecular complexity index is 461. The zero-order chi connectivity index (χ0) is 14.6. The zero-order valence-electron chi connectivity index (χ0n) is 11.7. The number of hydrogen-bond acceptors (Lipinski definition) is 2. The maximum absolute atomic E-state index is 11.8. The molecule has 0 saturated carbocycles. The number of hydrogen-bond donors (Lipinski definition) is 3. The average Bonchev–Trinajstić information content (AvgIpc) is 2.27.